The number of Topliss-reactive ketones (excluding diaryl/α,β-unsaturated/α-hetero) is 1. The molecule has 0 aliphatic heterocycles. The van der Waals surface area contributed by atoms with Crippen LogP contribution < -0.4 is 0 Å². The van der Waals surface area contributed by atoms with Crippen molar-refractivity contribution in [1.82, 2.24) is 0 Å². The van der Waals surface area contributed by atoms with E-state index in [1.807, 2.05) is 24.3 Å². The maximum absolute atomic E-state index is 12.3. The lowest BCUT2D eigenvalue weighted by atomic mass is 9.86. The van der Waals surface area contributed by atoms with Crippen LogP contribution in [0.25, 0.3) is 11.1 Å². The SMILES string of the molecule is CCc1ccc(-c2ccc(C(=O)CCC(C)(C)C(=O)O)cc2)cc1. The predicted molar refractivity (Wildman–Crippen MR) is 96.2 cm³/mol. The summed E-state index contributed by atoms with van der Waals surface area (Å²) in [5.41, 5.74) is 3.24. The summed E-state index contributed by atoms with van der Waals surface area (Å²) in [6.07, 6.45) is 1.59. The standard InChI is InChI=1S/C21H24O3/c1-4-15-5-7-16(8-6-15)17-9-11-18(12-10-17)19(22)13-14-21(2,3)20(23)24/h5-12H,4,13-14H2,1-3H3,(H,23,24). The molecule has 2 aromatic carbocycles. The van der Waals surface area contributed by atoms with E-state index >= 15 is 0 Å². The Hall–Kier alpha value is -2.42. The summed E-state index contributed by atoms with van der Waals surface area (Å²) >= 11 is 0. The van der Waals surface area contributed by atoms with Crippen molar-refractivity contribution in [3.63, 3.8) is 0 Å². The molecule has 0 bridgehead atoms. The van der Waals surface area contributed by atoms with Gasteiger partial charge in [0.05, 0.1) is 5.41 Å². The normalized spacial score (nSPS) is 11.3. The highest BCUT2D eigenvalue weighted by Crippen LogP contribution is 2.25. The molecule has 3 nitrogen and oxygen atoms in total. The molecular formula is C21H24O3. The van der Waals surface area contributed by atoms with Crippen LogP contribution in [0.15, 0.2) is 48.5 Å². The Balaban J connectivity index is 2.05. The van der Waals surface area contributed by atoms with E-state index in [1.165, 1.54) is 5.56 Å². The van der Waals surface area contributed by atoms with Gasteiger partial charge in [-0.15, -0.1) is 0 Å². The highest BCUT2D eigenvalue weighted by molar-refractivity contribution is 5.96. The number of carboxylic acids is 1. The van der Waals surface area contributed by atoms with Crippen LogP contribution in [-0.4, -0.2) is 16.9 Å². The fraction of sp³-hybridized carbons (Fsp3) is 0.333. The smallest absolute Gasteiger partial charge is 0.309 e. The number of aliphatic carboxylic acids is 1. The van der Waals surface area contributed by atoms with Crippen LogP contribution in [0.4, 0.5) is 0 Å². The highest BCUT2D eigenvalue weighted by Gasteiger charge is 2.27. The minimum absolute atomic E-state index is 0.0165. The van der Waals surface area contributed by atoms with E-state index in [-0.39, 0.29) is 12.2 Å². The molecule has 0 radical (unpaired) electrons. The quantitative estimate of drug-likeness (QED) is 0.730. The van der Waals surface area contributed by atoms with Crippen molar-refractivity contribution in [1.29, 1.82) is 0 Å². The third-order valence-corrected chi connectivity index (χ3v) is 4.46. The first-order valence-electron chi connectivity index (χ1n) is 8.29. The number of ketones is 1. The van der Waals surface area contributed by atoms with Crippen LogP contribution in [-0.2, 0) is 11.2 Å². The van der Waals surface area contributed by atoms with Gasteiger partial charge in [0, 0.05) is 12.0 Å². The lowest BCUT2D eigenvalue weighted by molar-refractivity contribution is -0.147. The van der Waals surface area contributed by atoms with Crippen molar-refractivity contribution in [2.75, 3.05) is 0 Å². The van der Waals surface area contributed by atoms with Crippen LogP contribution >= 0.6 is 0 Å². The molecule has 2 rings (SSSR count). The number of aryl methyl sites for hydroxylation is 1. The van der Waals surface area contributed by atoms with Gasteiger partial charge >= 0.3 is 5.97 Å². The molecule has 3 heteroatoms. The molecule has 0 fully saturated rings. The fourth-order valence-electron chi connectivity index (χ4n) is 2.46. The topological polar surface area (TPSA) is 54.4 Å². The van der Waals surface area contributed by atoms with Crippen molar-refractivity contribution >= 4 is 11.8 Å². The third kappa shape index (κ3) is 4.31. The molecular weight excluding hydrogens is 300 g/mol. The van der Waals surface area contributed by atoms with Crippen LogP contribution in [0, 0.1) is 5.41 Å². The summed E-state index contributed by atoms with van der Waals surface area (Å²) in [5.74, 6) is -0.890. The Bertz CT molecular complexity index is 710. The second-order valence-corrected chi connectivity index (χ2v) is 6.74. The lowest BCUT2D eigenvalue weighted by Gasteiger charge is -2.18. The molecule has 1 N–H and O–H groups in total. The second-order valence-electron chi connectivity index (χ2n) is 6.74. The van der Waals surface area contributed by atoms with Crippen molar-refractivity contribution in [3.05, 3.63) is 59.7 Å². The molecule has 126 valence electrons. The van der Waals surface area contributed by atoms with Crippen LogP contribution in [0.5, 0.6) is 0 Å². The van der Waals surface area contributed by atoms with E-state index in [0.29, 0.717) is 12.0 Å². The first-order valence-corrected chi connectivity index (χ1v) is 8.29. The zero-order chi connectivity index (χ0) is 17.7. The summed E-state index contributed by atoms with van der Waals surface area (Å²) in [6.45, 7) is 5.42. The summed E-state index contributed by atoms with van der Waals surface area (Å²) in [7, 11) is 0. The van der Waals surface area contributed by atoms with E-state index in [9.17, 15) is 9.59 Å². The highest BCUT2D eigenvalue weighted by atomic mass is 16.4. The van der Waals surface area contributed by atoms with E-state index in [2.05, 4.69) is 31.2 Å². The molecule has 2 aromatic rings. The number of hydrogen-bond acceptors (Lipinski definition) is 2. The Morgan fingerprint density at radius 2 is 1.42 bits per heavy atom. The summed E-state index contributed by atoms with van der Waals surface area (Å²) in [4.78, 5) is 23.4. The second kappa shape index (κ2) is 7.43. The average molecular weight is 324 g/mol. The lowest BCUT2D eigenvalue weighted by Crippen LogP contribution is -2.24. The Kier molecular flexibility index (Phi) is 5.55. The van der Waals surface area contributed by atoms with Gasteiger partial charge in [-0.2, -0.15) is 0 Å². The first kappa shape index (κ1) is 17.9. The maximum atomic E-state index is 12.3. The van der Waals surface area contributed by atoms with E-state index < -0.39 is 11.4 Å². The summed E-state index contributed by atoms with van der Waals surface area (Å²) in [5, 5.41) is 9.11. The number of carboxylic acid groups (broad SMARTS) is 1. The molecule has 0 amide bonds. The average Bonchev–Trinajstić information content (AvgIpc) is 2.60. The fourth-order valence-corrected chi connectivity index (χ4v) is 2.46. The van der Waals surface area contributed by atoms with Crippen molar-refractivity contribution in [2.45, 2.75) is 40.0 Å². The van der Waals surface area contributed by atoms with Crippen molar-refractivity contribution in [3.8, 4) is 11.1 Å². The van der Waals surface area contributed by atoms with Gasteiger partial charge in [0.25, 0.3) is 0 Å². The number of hydrogen-bond donors (Lipinski definition) is 1. The monoisotopic (exact) mass is 324 g/mol. The molecule has 0 atom stereocenters. The van der Waals surface area contributed by atoms with E-state index in [4.69, 9.17) is 5.11 Å². The predicted octanol–water partition coefficient (Wildman–Crippen LogP) is 4.99. The maximum Gasteiger partial charge on any atom is 0.309 e. The van der Waals surface area contributed by atoms with Crippen molar-refractivity contribution in [2.24, 2.45) is 5.41 Å². The largest absolute Gasteiger partial charge is 0.481 e. The molecule has 24 heavy (non-hydrogen) atoms. The van der Waals surface area contributed by atoms with Gasteiger partial charge < -0.3 is 5.11 Å². The number of carbonyl (C=O) groups excluding carboxylic acids is 1. The zero-order valence-corrected chi connectivity index (χ0v) is 14.5. The first-order chi connectivity index (χ1) is 11.3. The number of carbonyl (C=O) groups is 2. The summed E-state index contributed by atoms with van der Waals surface area (Å²) in [6, 6.07) is 15.9. The molecule has 0 aliphatic carbocycles. The van der Waals surface area contributed by atoms with Crippen molar-refractivity contribution < 1.29 is 14.7 Å². The number of rotatable bonds is 7. The Morgan fingerprint density at radius 3 is 1.88 bits per heavy atom. The third-order valence-electron chi connectivity index (χ3n) is 4.46. The molecule has 0 aliphatic rings. The Morgan fingerprint density at radius 1 is 0.917 bits per heavy atom. The van der Waals surface area contributed by atoms with Gasteiger partial charge in [0.1, 0.15) is 0 Å². The van der Waals surface area contributed by atoms with E-state index in [1.54, 1.807) is 13.8 Å². The molecule has 0 saturated heterocycles. The minimum atomic E-state index is -0.878. The zero-order valence-electron chi connectivity index (χ0n) is 14.5. The van der Waals surface area contributed by atoms with Gasteiger partial charge in [-0.3, -0.25) is 9.59 Å². The Labute approximate surface area is 143 Å². The molecule has 0 unspecified atom stereocenters. The van der Waals surface area contributed by atoms with Crippen LogP contribution in [0.2, 0.25) is 0 Å². The summed E-state index contributed by atoms with van der Waals surface area (Å²) < 4.78 is 0. The number of benzene rings is 2. The molecule has 0 saturated carbocycles. The van der Waals surface area contributed by atoms with Gasteiger partial charge in [-0.1, -0.05) is 55.5 Å². The molecule has 0 heterocycles. The molecule has 0 spiro atoms. The van der Waals surface area contributed by atoms with Gasteiger partial charge in [0.15, 0.2) is 5.78 Å². The van der Waals surface area contributed by atoms with Gasteiger partial charge in [-0.05, 0) is 43.4 Å². The minimum Gasteiger partial charge on any atom is -0.481 e. The van der Waals surface area contributed by atoms with Crippen LogP contribution in [0.1, 0.15) is 49.5 Å². The van der Waals surface area contributed by atoms with E-state index in [0.717, 1.165) is 17.5 Å². The van der Waals surface area contributed by atoms with Crippen LogP contribution in [0.3, 0.4) is 0 Å². The van der Waals surface area contributed by atoms with Gasteiger partial charge in [0.2, 0.25) is 0 Å². The molecule has 0 aromatic heterocycles. The van der Waals surface area contributed by atoms with Gasteiger partial charge in [-0.25, -0.2) is 0 Å².